The molecule has 0 bridgehead atoms. The van der Waals surface area contributed by atoms with Crippen molar-refractivity contribution in [3.63, 3.8) is 0 Å². The standard InChI is InChI=1S/C16H16N2O2/c17-12-13-6-8-14(9-7-13)19-10-3-11-20-16-5-2-1-4-15(16)18/h1-2,4-9H,3,10-11,18H2. The third-order valence-corrected chi connectivity index (χ3v) is 2.72. The molecule has 20 heavy (non-hydrogen) atoms. The van der Waals surface area contributed by atoms with E-state index in [2.05, 4.69) is 6.07 Å². The summed E-state index contributed by atoms with van der Waals surface area (Å²) in [4.78, 5) is 0. The lowest BCUT2D eigenvalue weighted by Gasteiger charge is -2.09. The Bertz CT molecular complexity index is 588. The summed E-state index contributed by atoms with van der Waals surface area (Å²) in [6.07, 6.45) is 0.758. The fourth-order valence-electron chi connectivity index (χ4n) is 1.67. The number of nitriles is 1. The van der Waals surface area contributed by atoms with E-state index < -0.39 is 0 Å². The molecule has 0 atom stereocenters. The van der Waals surface area contributed by atoms with E-state index in [1.54, 1.807) is 24.3 Å². The molecule has 0 aliphatic carbocycles. The molecule has 2 aromatic rings. The molecule has 0 fully saturated rings. The van der Waals surface area contributed by atoms with Gasteiger partial charge in [0.25, 0.3) is 0 Å². The lowest BCUT2D eigenvalue weighted by molar-refractivity contribution is 0.248. The van der Waals surface area contributed by atoms with Crippen LogP contribution >= 0.6 is 0 Å². The molecule has 0 aliphatic heterocycles. The topological polar surface area (TPSA) is 68.3 Å². The van der Waals surface area contributed by atoms with Gasteiger partial charge in [-0.05, 0) is 36.4 Å². The number of rotatable bonds is 6. The third kappa shape index (κ3) is 3.92. The second-order valence-corrected chi connectivity index (χ2v) is 4.22. The summed E-state index contributed by atoms with van der Waals surface area (Å²) >= 11 is 0. The number of hydrogen-bond donors (Lipinski definition) is 1. The molecular weight excluding hydrogens is 252 g/mol. The Morgan fingerprint density at radius 2 is 1.65 bits per heavy atom. The molecule has 4 nitrogen and oxygen atoms in total. The van der Waals surface area contributed by atoms with Gasteiger partial charge in [-0.25, -0.2) is 0 Å². The first kappa shape index (κ1) is 13.8. The Morgan fingerprint density at radius 3 is 2.35 bits per heavy atom. The molecule has 4 heteroatoms. The summed E-state index contributed by atoms with van der Waals surface area (Å²) in [7, 11) is 0. The first-order chi connectivity index (χ1) is 9.79. The maximum absolute atomic E-state index is 8.69. The second-order valence-electron chi connectivity index (χ2n) is 4.22. The fourth-order valence-corrected chi connectivity index (χ4v) is 1.67. The van der Waals surface area contributed by atoms with E-state index in [9.17, 15) is 0 Å². The van der Waals surface area contributed by atoms with Crippen LogP contribution in [0.15, 0.2) is 48.5 Å². The predicted octanol–water partition coefficient (Wildman–Crippen LogP) is 2.99. The van der Waals surface area contributed by atoms with Gasteiger partial charge in [0.2, 0.25) is 0 Å². The van der Waals surface area contributed by atoms with Gasteiger partial charge in [-0.15, -0.1) is 0 Å². The minimum atomic E-state index is 0.546. The maximum atomic E-state index is 8.69. The number of anilines is 1. The highest BCUT2D eigenvalue weighted by Crippen LogP contribution is 2.19. The van der Waals surface area contributed by atoms with Crippen LogP contribution in [0.3, 0.4) is 0 Å². The van der Waals surface area contributed by atoms with Gasteiger partial charge < -0.3 is 15.2 Å². The summed E-state index contributed by atoms with van der Waals surface area (Å²) in [5.74, 6) is 1.45. The van der Waals surface area contributed by atoms with E-state index in [1.165, 1.54) is 0 Å². The smallest absolute Gasteiger partial charge is 0.142 e. The predicted molar refractivity (Wildman–Crippen MR) is 77.6 cm³/mol. The van der Waals surface area contributed by atoms with Crippen LogP contribution in [-0.4, -0.2) is 13.2 Å². The van der Waals surface area contributed by atoms with Crippen molar-refractivity contribution in [2.24, 2.45) is 0 Å². The van der Waals surface area contributed by atoms with Crippen LogP contribution in [-0.2, 0) is 0 Å². The Morgan fingerprint density at radius 1 is 0.950 bits per heavy atom. The maximum Gasteiger partial charge on any atom is 0.142 e. The summed E-state index contributed by atoms with van der Waals surface area (Å²) in [6.45, 7) is 1.10. The molecule has 0 aliphatic rings. The molecular formula is C16H16N2O2. The molecule has 102 valence electrons. The average molecular weight is 268 g/mol. The molecule has 0 heterocycles. The van der Waals surface area contributed by atoms with E-state index in [0.717, 1.165) is 12.2 Å². The third-order valence-electron chi connectivity index (χ3n) is 2.72. The molecule has 0 amide bonds. The van der Waals surface area contributed by atoms with Gasteiger partial charge in [-0.1, -0.05) is 12.1 Å². The number of nitrogen functional groups attached to an aromatic ring is 1. The Kier molecular flexibility index (Phi) is 4.85. The molecule has 0 radical (unpaired) electrons. The zero-order chi connectivity index (χ0) is 14.2. The first-order valence-electron chi connectivity index (χ1n) is 6.40. The Hall–Kier alpha value is -2.67. The molecule has 0 saturated heterocycles. The van der Waals surface area contributed by atoms with Crippen LogP contribution in [0.5, 0.6) is 11.5 Å². The summed E-state index contributed by atoms with van der Waals surface area (Å²) in [6, 6.07) is 16.5. The zero-order valence-corrected chi connectivity index (χ0v) is 11.1. The van der Waals surface area contributed by atoms with Crippen LogP contribution < -0.4 is 15.2 Å². The highest BCUT2D eigenvalue weighted by Gasteiger charge is 1.99. The average Bonchev–Trinajstić information content (AvgIpc) is 2.49. The molecule has 0 aromatic heterocycles. The number of benzene rings is 2. The molecule has 0 saturated carbocycles. The number of nitrogens with two attached hydrogens (primary N) is 1. The van der Waals surface area contributed by atoms with Crippen LogP contribution in [0.4, 0.5) is 5.69 Å². The molecule has 2 aromatic carbocycles. The highest BCUT2D eigenvalue weighted by molar-refractivity contribution is 5.51. The van der Waals surface area contributed by atoms with Gasteiger partial charge in [0.15, 0.2) is 0 Å². The largest absolute Gasteiger partial charge is 0.493 e. The van der Waals surface area contributed by atoms with E-state index in [0.29, 0.717) is 30.2 Å². The lowest BCUT2D eigenvalue weighted by atomic mass is 10.2. The van der Waals surface area contributed by atoms with Crippen molar-refractivity contribution >= 4 is 5.69 Å². The summed E-state index contributed by atoms with van der Waals surface area (Å²) in [5.41, 5.74) is 7.04. The number of nitrogens with zero attached hydrogens (tertiary/aromatic N) is 1. The monoisotopic (exact) mass is 268 g/mol. The molecule has 0 spiro atoms. The van der Waals surface area contributed by atoms with Gasteiger partial charge in [-0.2, -0.15) is 5.26 Å². The van der Waals surface area contributed by atoms with Crippen LogP contribution in [0.1, 0.15) is 12.0 Å². The number of hydrogen-bond acceptors (Lipinski definition) is 4. The Balaban J connectivity index is 1.69. The first-order valence-corrected chi connectivity index (χ1v) is 6.40. The van der Waals surface area contributed by atoms with E-state index in [4.69, 9.17) is 20.5 Å². The van der Waals surface area contributed by atoms with Gasteiger partial charge in [0.05, 0.1) is 30.5 Å². The zero-order valence-electron chi connectivity index (χ0n) is 11.1. The van der Waals surface area contributed by atoms with Crippen molar-refractivity contribution < 1.29 is 9.47 Å². The van der Waals surface area contributed by atoms with Crippen LogP contribution in [0.25, 0.3) is 0 Å². The van der Waals surface area contributed by atoms with E-state index in [-0.39, 0.29) is 0 Å². The summed E-state index contributed by atoms with van der Waals surface area (Å²) < 4.78 is 11.1. The normalized spacial score (nSPS) is 9.75. The molecule has 0 unspecified atom stereocenters. The van der Waals surface area contributed by atoms with Gasteiger partial charge in [0.1, 0.15) is 11.5 Å². The Labute approximate surface area is 118 Å². The minimum absolute atomic E-state index is 0.546. The second kappa shape index (κ2) is 7.05. The van der Waals surface area contributed by atoms with Crippen molar-refractivity contribution in [3.05, 3.63) is 54.1 Å². The highest BCUT2D eigenvalue weighted by atomic mass is 16.5. The minimum Gasteiger partial charge on any atom is -0.493 e. The molecule has 2 rings (SSSR count). The van der Waals surface area contributed by atoms with Gasteiger partial charge in [0, 0.05) is 6.42 Å². The van der Waals surface area contributed by atoms with Crippen molar-refractivity contribution in [1.82, 2.24) is 0 Å². The van der Waals surface area contributed by atoms with Crippen LogP contribution in [0, 0.1) is 11.3 Å². The van der Waals surface area contributed by atoms with Crippen molar-refractivity contribution in [3.8, 4) is 17.6 Å². The molecule has 2 N–H and O–H groups in total. The van der Waals surface area contributed by atoms with E-state index in [1.807, 2.05) is 24.3 Å². The fraction of sp³-hybridized carbons (Fsp3) is 0.188. The van der Waals surface area contributed by atoms with Gasteiger partial charge in [-0.3, -0.25) is 0 Å². The van der Waals surface area contributed by atoms with Gasteiger partial charge >= 0.3 is 0 Å². The quantitative estimate of drug-likeness (QED) is 0.646. The summed E-state index contributed by atoms with van der Waals surface area (Å²) in [5, 5.41) is 8.69. The van der Waals surface area contributed by atoms with Crippen molar-refractivity contribution in [2.75, 3.05) is 18.9 Å². The van der Waals surface area contributed by atoms with Crippen molar-refractivity contribution in [1.29, 1.82) is 5.26 Å². The van der Waals surface area contributed by atoms with E-state index >= 15 is 0 Å². The van der Waals surface area contributed by atoms with Crippen molar-refractivity contribution in [2.45, 2.75) is 6.42 Å². The lowest BCUT2D eigenvalue weighted by Crippen LogP contribution is -2.06. The SMILES string of the molecule is N#Cc1ccc(OCCCOc2ccccc2N)cc1. The van der Waals surface area contributed by atoms with Crippen LogP contribution in [0.2, 0.25) is 0 Å². The number of para-hydroxylation sites is 2. The number of ether oxygens (including phenoxy) is 2.